The number of nitrogens with zero attached hydrogens (tertiary/aromatic N) is 1. The van der Waals surface area contributed by atoms with Gasteiger partial charge in [0.2, 0.25) is 10.0 Å². The van der Waals surface area contributed by atoms with Gasteiger partial charge in [0.1, 0.15) is 10.7 Å². The SMILES string of the molecule is CCCCN(C)S(=O)(=O)c1ccc(C(=O)O)cc1F. The highest BCUT2D eigenvalue weighted by Gasteiger charge is 2.24. The number of carboxylic acid groups (broad SMARTS) is 1. The van der Waals surface area contributed by atoms with Gasteiger partial charge in [0, 0.05) is 13.6 Å². The average molecular weight is 289 g/mol. The maximum Gasteiger partial charge on any atom is 0.335 e. The molecule has 0 aromatic heterocycles. The molecule has 0 atom stereocenters. The Morgan fingerprint density at radius 3 is 2.53 bits per heavy atom. The lowest BCUT2D eigenvalue weighted by Crippen LogP contribution is -2.28. The highest BCUT2D eigenvalue weighted by molar-refractivity contribution is 7.89. The van der Waals surface area contributed by atoms with Crippen LogP contribution in [0.3, 0.4) is 0 Å². The maximum atomic E-state index is 13.7. The molecule has 0 spiro atoms. The Morgan fingerprint density at radius 2 is 2.05 bits per heavy atom. The van der Waals surface area contributed by atoms with Gasteiger partial charge in [-0.3, -0.25) is 0 Å². The number of carbonyl (C=O) groups is 1. The number of aromatic carboxylic acids is 1. The van der Waals surface area contributed by atoms with Crippen LogP contribution in [0.5, 0.6) is 0 Å². The molecule has 106 valence electrons. The molecule has 0 aliphatic heterocycles. The summed E-state index contributed by atoms with van der Waals surface area (Å²) >= 11 is 0. The fraction of sp³-hybridized carbons (Fsp3) is 0.417. The summed E-state index contributed by atoms with van der Waals surface area (Å²) in [6.07, 6.45) is 1.49. The third kappa shape index (κ3) is 3.51. The van der Waals surface area contributed by atoms with Gasteiger partial charge in [-0.15, -0.1) is 0 Å². The number of hydrogen-bond acceptors (Lipinski definition) is 3. The summed E-state index contributed by atoms with van der Waals surface area (Å²) in [7, 11) is -2.55. The Kier molecular flexibility index (Phi) is 5.02. The molecule has 1 aromatic rings. The Bertz CT molecular complexity index is 571. The zero-order chi connectivity index (χ0) is 14.6. The van der Waals surface area contributed by atoms with Crippen molar-refractivity contribution in [3.8, 4) is 0 Å². The highest BCUT2D eigenvalue weighted by Crippen LogP contribution is 2.20. The molecule has 0 amide bonds. The minimum atomic E-state index is -3.92. The molecule has 1 rings (SSSR count). The van der Waals surface area contributed by atoms with Crippen molar-refractivity contribution in [1.29, 1.82) is 0 Å². The molecule has 7 heteroatoms. The van der Waals surface area contributed by atoms with Crippen LogP contribution in [0.2, 0.25) is 0 Å². The number of unbranched alkanes of at least 4 members (excludes halogenated alkanes) is 1. The van der Waals surface area contributed by atoms with Gasteiger partial charge < -0.3 is 5.11 Å². The van der Waals surface area contributed by atoms with Crippen LogP contribution in [0.1, 0.15) is 30.1 Å². The van der Waals surface area contributed by atoms with Crippen LogP contribution in [0, 0.1) is 5.82 Å². The smallest absolute Gasteiger partial charge is 0.335 e. The molecule has 0 fully saturated rings. The van der Waals surface area contributed by atoms with Gasteiger partial charge in [-0.2, -0.15) is 0 Å². The summed E-state index contributed by atoms with van der Waals surface area (Å²) in [6, 6.07) is 2.77. The van der Waals surface area contributed by atoms with E-state index < -0.39 is 26.7 Å². The van der Waals surface area contributed by atoms with Crippen molar-refractivity contribution in [1.82, 2.24) is 4.31 Å². The molecule has 0 bridgehead atoms. The molecule has 0 radical (unpaired) electrons. The second kappa shape index (κ2) is 6.12. The molecule has 0 unspecified atom stereocenters. The van der Waals surface area contributed by atoms with Crippen LogP contribution in [0.4, 0.5) is 4.39 Å². The van der Waals surface area contributed by atoms with E-state index in [1.54, 1.807) is 0 Å². The third-order valence-electron chi connectivity index (χ3n) is 2.69. The van der Waals surface area contributed by atoms with Crippen molar-refractivity contribution in [2.24, 2.45) is 0 Å². The number of benzene rings is 1. The topological polar surface area (TPSA) is 74.7 Å². The predicted molar refractivity (Wildman–Crippen MR) is 68.1 cm³/mol. The zero-order valence-corrected chi connectivity index (χ0v) is 11.6. The van der Waals surface area contributed by atoms with Gasteiger partial charge >= 0.3 is 5.97 Å². The van der Waals surface area contributed by atoms with Crippen molar-refractivity contribution < 1.29 is 22.7 Å². The van der Waals surface area contributed by atoms with E-state index in [9.17, 15) is 17.6 Å². The maximum absolute atomic E-state index is 13.7. The van der Waals surface area contributed by atoms with Crippen LogP contribution < -0.4 is 0 Å². The van der Waals surface area contributed by atoms with E-state index in [1.165, 1.54) is 7.05 Å². The van der Waals surface area contributed by atoms with Crippen LogP contribution in [-0.4, -0.2) is 37.4 Å². The first kappa shape index (κ1) is 15.6. The number of sulfonamides is 1. The van der Waals surface area contributed by atoms with Gasteiger partial charge in [-0.05, 0) is 24.6 Å². The van der Waals surface area contributed by atoms with E-state index in [0.29, 0.717) is 19.0 Å². The van der Waals surface area contributed by atoms with Gasteiger partial charge in [-0.1, -0.05) is 13.3 Å². The molecule has 19 heavy (non-hydrogen) atoms. The van der Waals surface area contributed by atoms with E-state index in [1.807, 2.05) is 6.92 Å². The molecule has 5 nitrogen and oxygen atoms in total. The van der Waals surface area contributed by atoms with E-state index in [-0.39, 0.29) is 5.56 Å². The Labute approximate surface area is 111 Å². The van der Waals surface area contributed by atoms with Crippen LogP contribution in [-0.2, 0) is 10.0 Å². The summed E-state index contributed by atoms with van der Waals surface area (Å²) < 4.78 is 38.9. The molecule has 1 aromatic carbocycles. The summed E-state index contributed by atoms with van der Waals surface area (Å²) in [4.78, 5) is 10.2. The quantitative estimate of drug-likeness (QED) is 0.868. The van der Waals surface area contributed by atoms with E-state index in [0.717, 1.165) is 22.9 Å². The molecule has 0 aliphatic carbocycles. The van der Waals surface area contributed by atoms with Crippen LogP contribution in [0.15, 0.2) is 23.1 Å². The Morgan fingerprint density at radius 1 is 1.42 bits per heavy atom. The van der Waals surface area contributed by atoms with Crippen molar-refractivity contribution >= 4 is 16.0 Å². The van der Waals surface area contributed by atoms with Crippen molar-refractivity contribution in [2.45, 2.75) is 24.7 Å². The van der Waals surface area contributed by atoms with E-state index in [2.05, 4.69) is 0 Å². The summed E-state index contributed by atoms with van der Waals surface area (Å²) in [6.45, 7) is 2.21. The first-order chi connectivity index (χ1) is 8.80. The highest BCUT2D eigenvalue weighted by atomic mass is 32.2. The molecule has 0 aliphatic rings. The molecule has 0 saturated carbocycles. The largest absolute Gasteiger partial charge is 0.478 e. The van der Waals surface area contributed by atoms with Gasteiger partial charge in [0.25, 0.3) is 0 Å². The van der Waals surface area contributed by atoms with Crippen molar-refractivity contribution in [3.63, 3.8) is 0 Å². The lowest BCUT2D eigenvalue weighted by Gasteiger charge is -2.17. The summed E-state index contributed by atoms with van der Waals surface area (Å²) in [5.41, 5.74) is -0.285. The third-order valence-corrected chi connectivity index (χ3v) is 4.58. The predicted octanol–water partition coefficient (Wildman–Crippen LogP) is 1.94. The second-order valence-electron chi connectivity index (χ2n) is 4.13. The number of halogens is 1. The van der Waals surface area contributed by atoms with Crippen LogP contribution >= 0.6 is 0 Å². The molecular weight excluding hydrogens is 273 g/mol. The molecular formula is C12H16FNO4S. The fourth-order valence-electron chi connectivity index (χ4n) is 1.51. The van der Waals surface area contributed by atoms with Crippen LogP contribution in [0.25, 0.3) is 0 Å². The zero-order valence-electron chi connectivity index (χ0n) is 10.8. The Hall–Kier alpha value is -1.47. The summed E-state index contributed by atoms with van der Waals surface area (Å²) in [5.74, 6) is -2.36. The van der Waals surface area contributed by atoms with Gasteiger partial charge in [0.05, 0.1) is 5.56 Å². The second-order valence-corrected chi connectivity index (χ2v) is 6.14. The average Bonchev–Trinajstić information content (AvgIpc) is 2.35. The first-order valence-corrected chi connectivity index (χ1v) is 7.24. The molecule has 0 heterocycles. The van der Waals surface area contributed by atoms with Gasteiger partial charge in [-0.25, -0.2) is 21.9 Å². The van der Waals surface area contributed by atoms with E-state index in [4.69, 9.17) is 5.11 Å². The molecule has 1 N–H and O–H groups in total. The monoisotopic (exact) mass is 289 g/mol. The van der Waals surface area contributed by atoms with Crippen molar-refractivity contribution in [3.05, 3.63) is 29.6 Å². The minimum absolute atomic E-state index is 0.285. The number of rotatable bonds is 6. The Balaban J connectivity index is 3.12. The number of hydrogen-bond donors (Lipinski definition) is 1. The van der Waals surface area contributed by atoms with Gasteiger partial charge in [0.15, 0.2) is 0 Å². The van der Waals surface area contributed by atoms with E-state index >= 15 is 0 Å². The normalized spacial score (nSPS) is 11.8. The summed E-state index contributed by atoms with van der Waals surface area (Å²) in [5, 5.41) is 8.70. The first-order valence-electron chi connectivity index (χ1n) is 5.80. The lowest BCUT2D eigenvalue weighted by molar-refractivity contribution is 0.0696. The van der Waals surface area contributed by atoms with Crippen molar-refractivity contribution in [2.75, 3.05) is 13.6 Å². The molecule has 0 saturated heterocycles. The lowest BCUT2D eigenvalue weighted by atomic mass is 10.2. The number of carboxylic acids is 1. The standard InChI is InChI=1S/C12H16FNO4S/c1-3-4-7-14(2)19(17,18)11-6-5-9(12(15)16)8-10(11)13/h5-6,8H,3-4,7H2,1-2H3,(H,15,16). The minimum Gasteiger partial charge on any atom is -0.478 e. The fourth-order valence-corrected chi connectivity index (χ4v) is 2.76.